The molecule has 1 unspecified atom stereocenters. The number of aliphatic hydroxyl groups is 2. The normalized spacial score (nSPS) is 11.8. The minimum absolute atomic E-state index is 0.0245. The van der Waals surface area contributed by atoms with E-state index >= 15 is 0 Å². The van der Waals surface area contributed by atoms with Gasteiger partial charge in [-0.05, 0) is 18.0 Å². The van der Waals surface area contributed by atoms with E-state index in [0.717, 1.165) is 37.2 Å². The molecule has 0 aromatic carbocycles. The number of primary amides is 1. The summed E-state index contributed by atoms with van der Waals surface area (Å²) in [4.78, 5) is 23.4. The quantitative estimate of drug-likeness (QED) is 0.346. The van der Waals surface area contributed by atoms with E-state index in [1.807, 2.05) is 0 Å². The Balaban J connectivity index is 2.56. The molecule has 0 aliphatic heterocycles. The van der Waals surface area contributed by atoms with Crippen molar-refractivity contribution in [2.75, 3.05) is 25.1 Å². The summed E-state index contributed by atoms with van der Waals surface area (Å²) < 4.78 is 9.53. The number of carbonyl (C=O) groups is 2. The van der Waals surface area contributed by atoms with Crippen LogP contribution in [-0.4, -0.2) is 52.4 Å². The van der Waals surface area contributed by atoms with Gasteiger partial charge in [0.1, 0.15) is 10.6 Å². The Morgan fingerprint density at radius 1 is 1.32 bits per heavy atom. The van der Waals surface area contributed by atoms with Gasteiger partial charge in [-0.2, -0.15) is 4.37 Å². The molecule has 1 rings (SSSR count). The molecule has 142 valence electrons. The number of rotatable bonds is 12. The summed E-state index contributed by atoms with van der Waals surface area (Å²) in [6.07, 6.45) is 4.28. The van der Waals surface area contributed by atoms with Crippen molar-refractivity contribution in [3.05, 3.63) is 5.56 Å². The molecule has 1 heterocycles. The maximum absolute atomic E-state index is 11.7. The number of carbonyl (C=O) groups excluding carboxylic acids is 2. The summed E-state index contributed by atoms with van der Waals surface area (Å²) in [5.41, 5.74) is 5.38. The lowest BCUT2D eigenvalue weighted by Gasteiger charge is -2.10. The molecule has 1 aromatic heterocycles. The predicted octanol–water partition coefficient (Wildman–Crippen LogP) is 1.07. The van der Waals surface area contributed by atoms with E-state index < -0.39 is 24.6 Å². The fourth-order valence-electron chi connectivity index (χ4n) is 1.97. The summed E-state index contributed by atoms with van der Waals surface area (Å²) >= 11 is 0.885. The van der Waals surface area contributed by atoms with E-state index in [2.05, 4.69) is 21.9 Å². The molecule has 10 heteroatoms. The van der Waals surface area contributed by atoms with Gasteiger partial charge in [0.25, 0.3) is 5.91 Å². The van der Waals surface area contributed by atoms with Crippen molar-refractivity contribution in [2.45, 2.75) is 45.1 Å². The Bertz CT molecular complexity index is 552. The maximum atomic E-state index is 11.7. The van der Waals surface area contributed by atoms with E-state index in [4.69, 9.17) is 15.6 Å². The molecule has 0 aliphatic carbocycles. The lowest BCUT2D eigenvalue weighted by molar-refractivity contribution is 0.0964. The van der Waals surface area contributed by atoms with Crippen LogP contribution < -0.4 is 21.1 Å². The molecule has 0 saturated carbocycles. The van der Waals surface area contributed by atoms with Gasteiger partial charge in [-0.3, -0.25) is 10.1 Å². The maximum Gasteiger partial charge on any atom is 0.320 e. The molecule has 3 amide bonds. The Kier molecular flexibility index (Phi) is 9.81. The van der Waals surface area contributed by atoms with E-state index in [9.17, 15) is 14.7 Å². The lowest BCUT2D eigenvalue weighted by atomic mass is 10.2. The van der Waals surface area contributed by atoms with Gasteiger partial charge in [0.05, 0.1) is 19.3 Å². The van der Waals surface area contributed by atoms with Crippen molar-refractivity contribution >= 4 is 28.5 Å². The van der Waals surface area contributed by atoms with Gasteiger partial charge in [-0.1, -0.05) is 32.6 Å². The smallest absolute Gasteiger partial charge is 0.320 e. The number of unbranched alkanes of at least 4 members (excludes halogenated alkanes) is 4. The van der Waals surface area contributed by atoms with E-state index in [1.165, 1.54) is 6.42 Å². The summed E-state index contributed by atoms with van der Waals surface area (Å²) in [5.74, 6) is -0.640. The van der Waals surface area contributed by atoms with Crippen LogP contribution in [0.25, 0.3) is 0 Å². The third-order valence-electron chi connectivity index (χ3n) is 3.33. The topological polar surface area (TPSA) is 147 Å². The number of ether oxygens (including phenoxy) is 1. The molecule has 1 atom stereocenters. The zero-order chi connectivity index (χ0) is 18.7. The van der Waals surface area contributed by atoms with Gasteiger partial charge in [0, 0.05) is 6.54 Å². The Morgan fingerprint density at radius 2 is 2.04 bits per heavy atom. The van der Waals surface area contributed by atoms with Crippen molar-refractivity contribution in [3.8, 4) is 5.88 Å². The molecule has 6 N–H and O–H groups in total. The van der Waals surface area contributed by atoms with E-state index in [0.29, 0.717) is 6.61 Å². The molecule has 0 saturated heterocycles. The van der Waals surface area contributed by atoms with Gasteiger partial charge in [-0.15, -0.1) is 0 Å². The molecule has 9 nitrogen and oxygen atoms in total. The SMILES string of the molecule is CCCCCCCOc1nsc(NC(=O)NCC(O)CO)c1C(N)=O. The second-order valence-electron chi connectivity index (χ2n) is 5.49. The average molecular weight is 374 g/mol. The van der Waals surface area contributed by atoms with Crippen LogP contribution in [0.1, 0.15) is 49.4 Å². The van der Waals surface area contributed by atoms with Crippen LogP contribution in [-0.2, 0) is 0 Å². The largest absolute Gasteiger partial charge is 0.476 e. The van der Waals surface area contributed by atoms with Crippen LogP contribution in [0.15, 0.2) is 0 Å². The number of nitrogens with one attached hydrogen (secondary N) is 2. The summed E-state index contributed by atoms with van der Waals surface area (Å²) in [6, 6.07) is -0.648. The zero-order valence-corrected chi connectivity index (χ0v) is 15.1. The third-order valence-corrected chi connectivity index (χ3v) is 4.08. The van der Waals surface area contributed by atoms with Crippen LogP contribution >= 0.6 is 11.5 Å². The van der Waals surface area contributed by atoms with Crippen molar-refractivity contribution in [2.24, 2.45) is 5.73 Å². The highest BCUT2D eigenvalue weighted by Crippen LogP contribution is 2.30. The Morgan fingerprint density at radius 3 is 2.68 bits per heavy atom. The van der Waals surface area contributed by atoms with Gasteiger partial charge in [-0.25, -0.2) is 4.79 Å². The van der Waals surface area contributed by atoms with Crippen molar-refractivity contribution in [1.82, 2.24) is 9.69 Å². The number of hydrogen-bond donors (Lipinski definition) is 5. The molecule has 0 radical (unpaired) electrons. The second-order valence-corrected chi connectivity index (χ2v) is 6.26. The Hall–Kier alpha value is -1.91. The molecule has 0 bridgehead atoms. The van der Waals surface area contributed by atoms with Crippen molar-refractivity contribution in [3.63, 3.8) is 0 Å². The molecule has 0 fully saturated rings. The summed E-state index contributed by atoms with van der Waals surface area (Å²) in [5, 5.41) is 22.9. The van der Waals surface area contributed by atoms with Crippen molar-refractivity contribution < 1.29 is 24.5 Å². The van der Waals surface area contributed by atoms with Crippen molar-refractivity contribution in [1.29, 1.82) is 0 Å². The molecule has 1 aromatic rings. The van der Waals surface area contributed by atoms with Crippen LogP contribution in [0, 0.1) is 0 Å². The highest BCUT2D eigenvalue weighted by Gasteiger charge is 2.22. The number of aromatic nitrogens is 1. The van der Waals surface area contributed by atoms with Crippen LogP contribution in [0.3, 0.4) is 0 Å². The van der Waals surface area contributed by atoms with E-state index in [-0.39, 0.29) is 23.0 Å². The third kappa shape index (κ3) is 7.67. The van der Waals surface area contributed by atoms with Crippen LogP contribution in [0.5, 0.6) is 5.88 Å². The number of nitrogens with two attached hydrogens (primary N) is 1. The van der Waals surface area contributed by atoms with Gasteiger partial charge in [0.2, 0.25) is 5.88 Å². The first-order chi connectivity index (χ1) is 12.0. The molecular weight excluding hydrogens is 348 g/mol. The minimum atomic E-state index is -1.06. The fourth-order valence-corrected chi connectivity index (χ4v) is 2.71. The highest BCUT2D eigenvalue weighted by atomic mass is 32.1. The van der Waals surface area contributed by atoms with Crippen LogP contribution in [0.2, 0.25) is 0 Å². The number of urea groups is 1. The average Bonchev–Trinajstić information content (AvgIpc) is 2.98. The number of anilines is 1. The Labute approximate surface area is 150 Å². The monoisotopic (exact) mass is 374 g/mol. The number of aliphatic hydroxyl groups excluding tert-OH is 2. The number of amides is 3. The summed E-state index contributed by atoms with van der Waals surface area (Å²) in [6.45, 7) is 1.96. The van der Waals surface area contributed by atoms with Gasteiger partial charge in [0.15, 0.2) is 0 Å². The predicted molar refractivity (Wildman–Crippen MR) is 95.0 cm³/mol. The van der Waals surface area contributed by atoms with Crippen LogP contribution in [0.4, 0.5) is 9.80 Å². The minimum Gasteiger partial charge on any atom is -0.476 e. The fraction of sp³-hybridized carbons (Fsp3) is 0.667. The molecular formula is C15H26N4O5S. The first-order valence-electron chi connectivity index (χ1n) is 8.25. The zero-order valence-electron chi connectivity index (χ0n) is 14.3. The standard InChI is InChI=1S/C15H26N4O5S/c1-2-3-4-5-6-7-24-13-11(12(16)22)14(25-19-13)18-15(23)17-8-10(21)9-20/h10,20-21H,2-9H2,1H3,(H2,16,22)(H2,17,18,23). The van der Waals surface area contributed by atoms with Gasteiger partial charge >= 0.3 is 6.03 Å². The molecule has 0 spiro atoms. The molecule has 0 aliphatic rings. The number of nitrogens with zero attached hydrogens (tertiary/aromatic N) is 1. The van der Waals surface area contributed by atoms with E-state index in [1.54, 1.807) is 0 Å². The molecule has 25 heavy (non-hydrogen) atoms. The first kappa shape index (κ1) is 21.1. The van der Waals surface area contributed by atoms with Gasteiger partial charge < -0.3 is 26.0 Å². The number of hydrogen-bond acceptors (Lipinski definition) is 7. The lowest BCUT2D eigenvalue weighted by Crippen LogP contribution is -2.36. The second kappa shape index (κ2) is 11.6. The first-order valence-corrected chi connectivity index (χ1v) is 9.03. The summed E-state index contributed by atoms with van der Waals surface area (Å²) in [7, 11) is 0. The highest BCUT2D eigenvalue weighted by molar-refractivity contribution is 7.11.